The molecule has 2 aromatic rings. The number of phenolic OH excluding ortho intramolecular Hbond substituents is 1. The molecule has 0 aliphatic heterocycles. The van der Waals surface area contributed by atoms with Crippen molar-refractivity contribution in [2.24, 2.45) is 0 Å². The van der Waals surface area contributed by atoms with Crippen molar-refractivity contribution in [3.8, 4) is 5.75 Å². The second kappa shape index (κ2) is 5.09. The lowest BCUT2D eigenvalue weighted by molar-refractivity contribution is 0.477. The van der Waals surface area contributed by atoms with Crippen LogP contribution in [0, 0.1) is 18.6 Å². The van der Waals surface area contributed by atoms with E-state index in [1.54, 1.807) is 13.0 Å². The zero-order valence-electron chi connectivity index (χ0n) is 10.4. The molecule has 106 valence electrons. The molecule has 0 atom stereocenters. The smallest absolute Gasteiger partial charge is 0.262 e. The molecule has 0 saturated carbocycles. The average Bonchev–Trinajstić information content (AvgIpc) is 2.36. The van der Waals surface area contributed by atoms with Crippen molar-refractivity contribution >= 4 is 15.7 Å². The highest BCUT2D eigenvalue weighted by molar-refractivity contribution is 7.92. The number of aryl methyl sites for hydroxylation is 1. The lowest BCUT2D eigenvalue weighted by Crippen LogP contribution is -2.13. The maximum Gasteiger partial charge on any atom is 0.262 e. The summed E-state index contributed by atoms with van der Waals surface area (Å²) in [6, 6.07) is 6.59. The van der Waals surface area contributed by atoms with E-state index >= 15 is 0 Å². The molecule has 2 N–H and O–H groups in total. The molecule has 0 aliphatic carbocycles. The standard InChI is InChI=1S/C13H11F2NO3S/c1-8-2-5-13(17)12(6-8)16-20(18,19)9-3-4-10(14)11(15)7-9/h2-7,16-17H,1H3. The van der Waals surface area contributed by atoms with Crippen molar-refractivity contribution in [1.29, 1.82) is 0 Å². The average molecular weight is 299 g/mol. The van der Waals surface area contributed by atoms with E-state index in [2.05, 4.69) is 4.72 Å². The minimum Gasteiger partial charge on any atom is -0.506 e. The van der Waals surface area contributed by atoms with Gasteiger partial charge in [-0.1, -0.05) is 6.07 Å². The Labute approximate surface area is 114 Å². The summed E-state index contributed by atoms with van der Waals surface area (Å²) < 4.78 is 52.0. The Bertz CT molecular complexity index is 760. The SMILES string of the molecule is Cc1ccc(O)c(NS(=O)(=O)c2ccc(F)c(F)c2)c1. The normalized spacial score (nSPS) is 11.3. The van der Waals surface area contributed by atoms with Crippen LogP contribution in [0.5, 0.6) is 5.75 Å². The van der Waals surface area contributed by atoms with Crippen LogP contribution >= 0.6 is 0 Å². The molecular formula is C13H11F2NO3S. The van der Waals surface area contributed by atoms with Gasteiger partial charge in [-0.05, 0) is 42.8 Å². The number of hydrogen-bond acceptors (Lipinski definition) is 3. The Morgan fingerprint density at radius 3 is 2.40 bits per heavy atom. The molecule has 0 saturated heterocycles. The molecule has 20 heavy (non-hydrogen) atoms. The minimum atomic E-state index is -4.11. The minimum absolute atomic E-state index is 0.0327. The second-order valence-electron chi connectivity index (χ2n) is 4.20. The molecular weight excluding hydrogens is 288 g/mol. The second-order valence-corrected chi connectivity index (χ2v) is 5.88. The Balaban J connectivity index is 2.40. The van der Waals surface area contributed by atoms with Gasteiger partial charge in [0.05, 0.1) is 10.6 Å². The fraction of sp³-hybridized carbons (Fsp3) is 0.0769. The van der Waals surface area contributed by atoms with Gasteiger partial charge >= 0.3 is 0 Å². The van der Waals surface area contributed by atoms with Gasteiger partial charge < -0.3 is 5.11 Å². The number of anilines is 1. The predicted molar refractivity (Wildman–Crippen MR) is 70.0 cm³/mol. The first-order chi connectivity index (χ1) is 9.29. The fourth-order valence-corrected chi connectivity index (χ4v) is 2.66. The molecule has 7 heteroatoms. The highest BCUT2D eigenvalue weighted by Crippen LogP contribution is 2.27. The van der Waals surface area contributed by atoms with Gasteiger partial charge in [0.1, 0.15) is 5.75 Å². The number of nitrogens with one attached hydrogen (secondary N) is 1. The molecule has 0 fully saturated rings. The van der Waals surface area contributed by atoms with Gasteiger partial charge in [0.2, 0.25) is 0 Å². The Morgan fingerprint density at radius 2 is 1.75 bits per heavy atom. The summed E-state index contributed by atoms with van der Waals surface area (Å²) in [6.07, 6.45) is 0. The number of phenols is 1. The molecule has 0 aromatic heterocycles. The number of aromatic hydroxyl groups is 1. The van der Waals surface area contributed by atoms with Crippen LogP contribution in [0.2, 0.25) is 0 Å². The van der Waals surface area contributed by atoms with Crippen molar-refractivity contribution in [2.45, 2.75) is 11.8 Å². The van der Waals surface area contributed by atoms with E-state index in [0.29, 0.717) is 6.07 Å². The third kappa shape index (κ3) is 2.88. The van der Waals surface area contributed by atoms with Crippen LogP contribution in [0.1, 0.15) is 5.56 Å². The Hall–Kier alpha value is -2.15. The first kappa shape index (κ1) is 14.3. The van der Waals surface area contributed by atoms with E-state index in [9.17, 15) is 22.3 Å². The number of hydrogen-bond donors (Lipinski definition) is 2. The quantitative estimate of drug-likeness (QED) is 0.856. The van der Waals surface area contributed by atoms with Gasteiger partial charge in [0.25, 0.3) is 10.0 Å². The summed E-state index contributed by atoms with van der Waals surface area (Å²) >= 11 is 0. The lowest BCUT2D eigenvalue weighted by atomic mass is 10.2. The number of rotatable bonds is 3. The molecule has 2 rings (SSSR count). The molecule has 0 radical (unpaired) electrons. The van der Waals surface area contributed by atoms with Crippen LogP contribution in [0.4, 0.5) is 14.5 Å². The molecule has 0 bridgehead atoms. The summed E-state index contributed by atoms with van der Waals surface area (Å²) in [4.78, 5) is -0.433. The summed E-state index contributed by atoms with van der Waals surface area (Å²) in [5, 5.41) is 9.58. The molecule has 0 aliphatic rings. The van der Waals surface area contributed by atoms with Gasteiger partial charge in [-0.15, -0.1) is 0 Å². The van der Waals surface area contributed by atoms with Crippen molar-refractivity contribution in [2.75, 3.05) is 4.72 Å². The summed E-state index contributed by atoms with van der Waals surface area (Å²) in [5.74, 6) is -2.66. The van der Waals surface area contributed by atoms with Gasteiger partial charge in [-0.3, -0.25) is 4.72 Å². The van der Waals surface area contributed by atoms with E-state index in [4.69, 9.17) is 0 Å². The summed E-state index contributed by atoms with van der Waals surface area (Å²) in [6.45, 7) is 1.72. The van der Waals surface area contributed by atoms with E-state index in [1.807, 2.05) is 0 Å². The third-order valence-corrected chi connectivity index (χ3v) is 3.96. The van der Waals surface area contributed by atoms with Crippen LogP contribution in [0.25, 0.3) is 0 Å². The van der Waals surface area contributed by atoms with Crippen LogP contribution in [0.3, 0.4) is 0 Å². The Morgan fingerprint density at radius 1 is 1.05 bits per heavy atom. The largest absolute Gasteiger partial charge is 0.506 e. The zero-order valence-corrected chi connectivity index (χ0v) is 11.2. The van der Waals surface area contributed by atoms with Gasteiger partial charge in [-0.25, -0.2) is 17.2 Å². The predicted octanol–water partition coefficient (Wildman–Crippen LogP) is 2.78. The highest BCUT2D eigenvalue weighted by Gasteiger charge is 2.18. The lowest BCUT2D eigenvalue weighted by Gasteiger charge is -2.10. The van der Waals surface area contributed by atoms with Gasteiger partial charge in [-0.2, -0.15) is 0 Å². The number of benzene rings is 2. The summed E-state index contributed by atoms with van der Waals surface area (Å²) in [7, 11) is -4.11. The molecule has 0 unspecified atom stereocenters. The van der Waals surface area contributed by atoms with Gasteiger partial charge in [0, 0.05) is 0 Å². The van der Waals surface area contributed by atoms with E-state index < -0.39 is 26.6 Å². The molecule has 2 aromatic carbocycles. The third-order valence-electron chi connectivity index (χ3n) is 2.60. The van der Waals surface area contributed by atoms with E-state index in [1.165, 1.54) is 12.1 Å². The maximum absolute atomic E-state index is 13.1. The van der Waals surface area contributed by atoms with E-state index in [0.717, 1.165) is 17.7 Å². The molecule has 0 amide bonds. The van der Waals surface area contributed by atoms with Crippen molar-refractivity contribution in [3.63, 3.8) is 0 Å². The fourth-order valence-electron chi connectivity index (χ4n) is 1.58. The number of sulfonamides is 1. The molecule has 0 heterocycles. The molecule has 4 nitrogen and oxygen atoms in total. The highest BCUT2D eigenvalue weighted by atomic mass is 32.2. The first-order valence-electron chi connectivity index (χ1n) is 5.57. The number of halogens is 2. The zero-order chi connectivity index (χ0) is 14.9. The topological polar surface area (TPSA) is 66.4 Å². The van der Waals surface area contributed by atoms with Crippen molar-refractivity contribution in [3.05, 3.63) is 53.6 Å². The summed E-state index contributed by atoms with van der Waals surface area (Å²) in [5.41, 5.74) is 0.695. The van der Waals surface area contributed by atoms with Gasteiger partial charge in [0.15, 0.2) is 11.6 Å². The van der Waals surface area contributed by atoms with Crippen LogP contribution in [-0.4, -0.2) is 13.5 Å². The molecule has 0 spiro atoms. The maximum atomic E-state index is 13.1. The van der Waals surface area contributed by atoms with E-state index in [-0.39, 0.29) is 11.4 Å². The van der Waals surface area contributed by atoms with Crippen LogP contribution < -0.4 is 4.72 Å². The van der Waals surface area contributed by atoms with Crippen molar-refractivity contribution < 1.29 is 22.3 Å². The monoisotopic (exact) mass is 299 g/mol. The first-order valence-corrected chi connectivity index (χ1v) is 7.05. The Kier molecular flexibility index (Phi) is 3.63. The van der Waals surface area contributed by atoms with Crippen molar-refractivity contribution in [1.82, 2.24) is 0 Å². The van der Waals surface area contributed by atoms with Crippen LogP contribution in [-0.2, 0) is 10.0 Å². The van der Waals surface area contributed by atoms with Crippen LogP contribution in [0.15, 0.2) is 41.3 Å².